The van der Waals surface area contributed by atoms with Crippen LogP contribution < -0.4 is 0 Å². The fourth-order valence-corrected chi connectivity index (χ4v) is 4.42. The highest BCUT2D eigenvalue weighted by atomic mass is 16.4. The van der Waals surface area contributed by atoms with Gasteiger partial charge in [0.2, 0.25) is 0 Å². The summed E-state index contributed by atoms with van der Waals surface area (Å²) in [5.41, 5.74) is 0.479. The lowest BCUT2D eigenvalue weighted by Crippen LogP contribution is -2.04. The molecule has 30 heavy (non-hydrogen) atoms. The van der Waals surface area contributed by atoms with E-state index in [4.69, 9.17) is 0 Å². The van der Waals surface area contributed by atoms with E-state index in [1.807, 2.05) is 0 Å². The number of aromatic carboxylic acids is 2. The van der Waals surface area contributed by atoms with Gasteiger partial charge < -0.3 is 10.2 Å². The predicted octanol–water partition coefficient (Wildman–Crippen LogP) is 4.88. The van der Waals surface area contributed by atoms with Crippen LogP contribution in [0.25, 0.3) is 43.1 Å². The lowest BCUT2D eigenvalue weighted by atomic mass is 9.83. The molecule has 0 aromatic heterocycles. The van der Waals surface area contributed by atoms with Crippen molar-refractivity contribution in [1.82, 2.24) is 0 Å². The van der Waals surface area contributed by atoms with E-state index in [1.165, 1.54) is 12.1 Å². The van der Waals surface area contributed by atoms with Gasteiger partial charge >= 0.3 is 11.9 Å². The van der Waals surface area contributed by atoms with Crippen molar-refractivity contribution in [3.63, 3.8) is 0 Å². The van der Waals surface area contributed by atoms with Gasteiger partial charge in [-0.15, -0.1) is 0 Å². The summed E-state index contributed by atoms with van der Waals surface area (Å²) in [6, 6.07) is 17.0. The second-order valence-corrected chi connectivity index (χ2v) is 6.98. The first kappa shape index (κ1) is 17.4. The van der Waals surface area contributed by atoms with Crippen molar-refractivity contribution in [2.45, 2.75) is 0 Å². The fourth-order valence-electron chi connectivity index (χ4n) is 4.42. The Morgan fingerprint density at radius 2 is 0.933 bits per heavy atom. The normalized spacial score (nSPS) is 11.1. The highest BCUT2D eigenvalue weighted by molar-refractivity contribution is 6.39. The molecule has 0 unspecified atom stereocenters. The Kier molecular flexibility index (Phi) is 3.43. The number of fused-ring (bicyclic) bond motifs is 2. The van der Waals surface area contributed by atoms with Gasteiger partial charge in [-0.2, -0.15) is 10.5 Å². The maximum absolute atomic E-state index is 12.1. The largest absolute Gasteiger partial charge is 0.478 e. The van der Waals surface area contributed by atoms with Crippen molar-refractivity contribution in [3.05, 3.63) is 70.8 Å². The summed E-state index contributed by atoms with van der Waals surface area (Å²) < 4.78 is 0. The Labute approximate surface area is 168 Å². The fraction of sp³-hybridized carbons (Fsp3) is 0. The zero-order valence-corrected chi connectivity index (χ0v) is 15.2. The topological polar surface area (TPSA) is 122 Å². The summed E-state index contributed by atoms with van der Waals surface area (Å²) in [4.78, 5) is 24.2. The van der Waals surface area contributed by atoms with E-state index in [0.717, 1.165) is 0 Å². The maximum atomic E-state index is 12.1. The zero-order valence-electron chi connectivity index (χ0n) is 15.2. The van der Waals surface area contributed by atoms with E-state index in [0.29, 0.717) is 43.1 Å². The molecule has 0 radical (unpaired) electrons. The van der Waals surface area contributed by atoms with Crippen LogP contribution >= 0.6 is 0 Å². The SMILES string of the molecule is N#Cc1ccc2ccc(C(=O)O)c3c4c(C#N)ccc5ccc(C(=O)O)c(c1c23)c54. The monoisotopic (exact) mass is 390 g/mol. The molecule has 0 aliphatic rings. The van der Waals surface area contributed by atoms with Crippen molar-refractivity contribution >= 4 is 55.0 Å². The summed E-state index contributed by atoms with van der Waals surface area (Å²) in [5.74, 6) is -2.34. The van der Waals surface area contributed by atoms with Crippen LogP contribution in [0.3, 0.4) is 0 Å². The lowest BCUT2D eigenvalue weighted by Gasteiger charge is -2.19. The number of nitriles is 2. The molecule has 140 valence electrons. The van der Waals surface area contributed by atoms with Crippen molar-refractivity contribution in [2.75, 3.05) is 0 Å². The number of carboxylic acids is 2. The van der Waals surface area contributed by atoms with Crippen LogP contribution in [-0.4, -0.2) is 22.2 Å². The molecule has 0 saturated heterocycles. The minimum absolute atomic E-state index is 0.00535. The Balaban J connectivity index is 2.35. The minimum atomic E-state index is -1.17. The summed E-state index contributed by atoms with van der Waals surface area (Å²) >= 11 is 0. The average Bonchev–Trinajstić information content (AvgIpc) is 2.75. The van der Waals surface area contributed by atoms with E-state index in [1.54, 1.807) is 36.4 Å². The van der Waals surface area contributed by atoms with E-state index in [2.05, 4.69) is 12.1 Å². The molecule has 0 spiro atoms. The Morgan fingerprint density at radius 3 is 1.27 bits per heavy atom. The van der Waals surface area contributed by atoms with Gasteiger partial charge in [0, 0.05) is 21.5 Å². The molecule has 0 aliphatic carbocycles. The molecule has 6 heteroatoms. The van der Waals surface area contributed by atoms with Gasteiger partial charge in [-0.25, -0.2) is 9.59 Å². The summed E-state index contributed by atoms with van der Waals surface area (Å²) in [5, 5.41) is 43.0. The van der Waals surface area contributed by atoms with Crippen LogP contribution in [0.4, 0.5) is 0 Å². The van der Waals surface area contributed by atoms with Crippen LogP contribution in [-0.2, 0) is 0 Å². The third-order valence-electron chi connectivity index (χ3n) is 5.57. The van der Waals surface area contributed by atoms with Crippen molar-refractivity contribution in [1.29, 1.82) is 10.5 Å². The summed E-state index contributed by atoms with van der Waals surface area (Å²) in [6.07, 6.45) is 0. The molecule has 0 aliphatic heterocycles. The number of hydrogen-bond donors (Lipinski definition) is 2. The molecular formula is C24H10N2O4. The Bertz CT molecular complexity index is 1540. The second-order valence-electron chi connectivity index (χ2n) is 6.98. The molecule has 0 atom stereocenters. The highest BCUT2D eigenvalue weighted by Crippen LogP contribution is 2.45. The smallest absolute Gasteiger partial charge is 0.336 e. The minimum Gasteiger partial charge on any atom is -0.478 e. The summed E-state index contributed by atoms with van der Waals surface area (Å²) in [7, 11) is 0. The number of carboxylic acid groups (broad SMARTS) is 2. The van der Waals surface area contributed by atoms with Gasteiger partial charge in [0.1, 0.15) is 0 Å². The molecule has 6 nitrogen and oxygen atoms in total. The van der Waals surface area contributed by atoms with Crippen LogP contribution in [0.15, 0.2) is 48.5 Å². The first-order valence-electron chi connectivity index (χ1n) is 8.95. The van der Waals surface area contributed by atoms with Crippen molar-refractivity contribution in [3.8, 4) is 12.1 Å². The maximum Gasteiger partial charge on any atom is 0.336 e. The Morgan fingerprint density at radius 1 is 0.567 bits per heavy atom. The molecule has 0 amide bonds. The van der Waals surface area contributed by atoms with Crippen LogP contribution in [0.2, 0.25) is 0 Å². The molecule has 5 aromatic carbocycles. The molecule has 0 bridgehead atoms. The first-order valence-corrected chi connectivity index (χ1v) is 8.95. The molecule has 0 heterocycles. The molecule has 5 rings (SSSR count). The van der Waals surface area contributed by atoms with Crippen molar-refractivity contribution < 1.29 is 19.8 Å². The third kappa shape index (κ3) is 2.05. The zero-order chi connectivity index (χ0) is 21.2. The first-order chi connectivity index (χ1) is 14.5. The number of benzene rings is 5. The number of carbonyl (C=O) groups is 2. The van der Waals surface area contributed by atoms with Gasteiger partial charge in [-0.3, -0.25) is 0 Å². The second kappa shape index (κ2) is 5.91. The van der Waals surface area contributed by atoms with Gasteiger partial charge in [0.25, 0.3) is 0 Å². The van der Waals surface area contributed by atoms with Gasteiger partial charge in [-0.05, 0) is 45.8 Å². The van der Waals surface area contributed by atoms with Crippen LogP contribution in [0.1, 0.15) is 31.8 Å². The molecule has 5 aromatic rings. The number of rotatable bonds is 2. The standard InChI is InChI=1S/C24H10N2O4/c25-9-13-3-1-11-5-7-15(23(27)28)21-17(11)19(13)22-16(24(29)30)8-6-12-2-4-14(10-26)20(21)18(12)22/h1-8H,(H,27,28)(H,29,30). The van der Waals surface area contributed by atoms with Crippen LogP contribution in [0, 0.1) is 22.7 Å². The van der Waals surface area contributed by atoms with Crippen LogP contribution in [0.5, 0.6) is 0 Å². The predicted molar refractivity (Wildman–Crippen MR) is 111 cm³/mol. The third-order valence-corrected chi connectivity index (χ3v) is 5.57. The molecule has 2 N–H and O–H groups in total. The van der Waals surface area contributed by atoms with E-state index in [9.17, 15) is 30.3 Å². The van der Waals surface area contributed by atoms with Gasteiger partial charge in [0.05, 0.1) is 34.4 Å². The number of hydrogen-bond acceptors (Lipinski definition) is 4. The van der Waals surface area contributed by atoms with Crippen molar-refractivity contribution in [2.24, 2.45) is 0 Å². The van der Waals surface area contributed by atoms with E-state index < -0.39 is 11.9 Å². The average molecular weight is 390 g/mol. The molecule has 0 saturated carbocycles. The van der Waals surface area contributed by atoms with E-state index >= 15 is 0 Å². The quantitative estimate of drug-likeness (QED) is 0.327. The molecular weight excluding hydrogens is 380 g/mol. The number of nitrogens with zero attached hydrogens (tertiary/aromatic N) is 2. The van der Waals surface area contributed by atoms with Gasteiger partial charge in [-0.1, -0.05) is 24.3 Å². The Hall–Kier alpha value is -4.68. The van der Waals surface area contributed by atoms with Gasteiger partial charge in [0.15, 0.2) is 0 Å². The summed E-state index contributed by atoms with van der Waals surface area (Å²) in [6.45, 7) is 0. The highest BCUT2D eigenvalue weighted by Gasteiger charge is 2.25. The molecule has 0 fully saturated rings. The van der Waals surface area contributed by atoms with E-state index in [-0.39, 0.29) is 22.3 Å². The lowest BCUT2D eigenvalue weighted by molar-refractivity contribution is 0.0688.